The fourth-order valence-electron chi connectivity index (χ4n) is 3.06. The molecule has 0 aromatic heterocycles. The molecule has 1 aliphatic rings. The van der Waals surface area contributed by atoms with Gasteiger partial charge in [0.05, 0.1) is 6.67 Å². The van der Waals surface area contributed by atoms with Crippen LogP contribution in [0.5, 0.6) is 0 Å². The Labute approximate surface area is 118 Å². The van der Waals surface area contributed by atoms with E-state index in [9.17, 15) is 13.2 Å². The number of benzene rings is 1. The third kappa shape index (κ3) is 3.87. The van der Waals surface area contributed by atoms with E-state index in [0.717, 1.165) is 31.2 Å². The summed E-state index contributed by atoms with van der Waals surface area (Å²) < 4.78 is 38.1. The number of rotatable bonds is 5. The zero-order chi connectivity index (χ0) is 14.4. The first-order valence-electron chi connectivity index (χ1n) is 7.32. The quantitative estimate of drug-likeness (QED) is 0.597. The minimum absolute atomic E-state index is 0.184. The van der Waals surface area contributed by atoms with Crippen molar-refractivity contribution < 1.29 is 13.2 Å². The van der Waals surface area contributed by atoms with E-state index in [1.165, 1.54) is 6.07 Å². The number of allylic oxidation sites excluding steroid dienone is 2. The van der Waals surface area contributed by atoms with Gasteiger partial charge in [0, 0.05) is 5.56 Å². The summed E-state index contributed by atoms with van der Waals surface area (Å²) in [4.78, 5) is 0. The number of halogens is 3. The van der Waals surface area contributed by atoms with Crippen LogP contribution >= 0.6 is 0 Å². The van der Waals surface area contributed by atoms with Crippen molar-refractivity contribution in [3.05, 3.63) is 47.5 Å². The monoisotopic (exact) mass is 282 g/mol. The summed E-state index contributed by atoms with van der Waals surface area (Å²) >= 11 is 0. The zero-order valence-electron chi connectivity index (χ0n) is 11.6. The molecule has 0 radical (unpaired) electrons. The Bertz CT molecular complexity index is 432. The minimum Gasteiger partial charge on any atom is -0.251 e. The summed E-state index contributed by atoms with van der Waals surface area (Å²) in [6.45, 7) is -0.312. The zero-order valence-corrected chi connectivity index (χ0v) is 11.6. The highest BCUT2D eigenvalue weighted by Gasteiger charge is 2.24. The van der Waals surface area contributed by atoms with Crippen LogP contribution in [0, 0.1) is 5.92 Å². The largest absolute Gasteiger partial charge is 0.264 e. The molecule has 0 bridgehead atoms. The lowest BCUT2D eigenvalue weighted by Crippen LogP contribution is -2.13. The van der Waals surface area contributed by atoms with Crippen LogP contribution in [-0.2, 0) is 0 Å². The van der Waals surface area contributed by atoms with Crippen LogP contribution in [0.3, 0.4) is 0 Å². The van der Waals surface area contributed by atoms with Gasteiger partial charge >= 0.3 is 0 Å². The molecule has 2 rings (SSSR count). The standard InChI is InChI=1S/C17H21F3/c18-12-4-3-5-13-8-10-14(11-9-13)15-6-1-2-7-16(15)17(19)20/h1-3,5-7,13-14,17H,4,8-12H2/b5-3+. The Hall–Kier alpha value is -1.25. The molecule has 0 saturated heterocycles. The van der Waals surface area contributed by atoms with Crippen molar-refractivity contribution in [3.8, 4) is 0 Å². The molecule has 0 nitrogen and oxygen atoms in total. The number of alkyl halides is 3. The van der Waals surface area contributed by atoms with Crippen LogP contribution in [0.25, 0.3) is 0 Å². The SMILES string of the molecule is FCC/C=C/C1CCC(c2ccccc2C(F)F)CC1. The van der Waals surface area contributed by atoms with E-state index < -0.39 is 6.43 Å². The molecule has 0 N–H and O–H groups in total. The summed E-state index contributed by atoms with van der Waals surface area (Å²) in [6.07, 6.45) is 5.97. The minimum atomic E-state index is -2.40. The van der Waals surface area contributed by atoms with Gasteiger partial charge < -0.3 is 0 Å². The molecule has 0 spiro atoms. The Kier molecular flexibility index (Phi) is 5.69. The molecule has 0 amide bonds. The maximum Gasteiger partial charge on any atom is 0.264 e. The Morgan fingerprint density at radius 1 is 1.10 bits per heavy atom. The number of hydrogen-bond acceptors (Lipinski definition) is 0. The van der Waals surface area contributed by atoms with Gasteiger partial charge in [-0.15, -0.1) is 0 Å². The average Bonchev–Trinajstić information content (AvgIpc) is 2.48. The van der Waals surface area contributed by atoms with Crippen molar-refractivity contribution in [2.45, 2.75) is 44.4 Å². The van der Waals surface area contributed by atoms with Gasteiger partial charge in [-0.05, 0) is 49.5 Å². The molecule has 1 saturated carbocycles. The van der Waals surface area contributed by atoms with E-state index in [-0.39, 0.29) is 18.2 Å². The Morgan fingerprint density at radius 2 is 1.80 bits per heavy atom. The summed E-state index contributed by atoms with van der Waals surface area (Å²) in [5, 5.41) is 0. The highest BCUT2D eigenvalue weighted by atomic mass is 19.3. The van der Waals surface area contributed by atoms with Gasteiger partial charge in [-0.3, -0.25) is 4.39 Å². The summed E-state index contributed by atoms with van der Waals surface area (Å²) in [5.74, 6) is 0.725. The molecule has 20 heavy (non-hydrogen) atoms. The van der Waals surface area contributed by atoms with Gasteiger partial charge in [0.1, 0.15) is 0 Å². The van der Waals surface area contributed by atoms with E-state index >= 15 is 0 Å². The fraction of sp³-hybridized carbons (Fsp3) is 0.529. The van der Waals surface area contributed by atoms with Gasteiger partial charge in [0.25, 0.3) is 6.43 Å². The Morgan fingerprint density at radius 3 is 2.45 bits per heavy atom. The van der Waals surface area contributed by atoms with Gasteiger partial charge in [-0.1, -0.05) is 36.4 Å². The van der Waals surface area contributed by atoms with Crippen molar-refractivity contribution in [1.29, 1.82) is 0 Å². The number of hydrogen-bond donors (Lipinski definition) is 0. The Balaban J connectivity index is 1.97. The molecule has 0 unspecified atom stereocenters. The topological polar surface area (TPSA) is 0 Å². The maximum absolute atomic E-state index is 13.0. The first-order valence-corrected chi connectivity index (χ1v) is 7.32. The summed E-state index contributed by atoms with van der Waals surface area (Å²) in [5.41, 5.74) is 0.998. The van der Waals surface area contributed by atoms with Crippen molar-refractivity contribution in [3.63, 3.8) is 0 Å². The molecule has 1 aliphatic carbocycles. The van der Waals surface area contributed by atoms with Gasteiger partial charge in [0.2, 0.25) is 0 Å². The molecule has 1 aromatic carbocycles. The lowest BCUT2D eigenvalue weighted by molar-refractivity contribution is 0.149. The molecular formula is C17H21F3. The molecule has 0 atom stereocenters. The van der Waals surface area contributed by atoms with Gasteiger partial charge in [0.15, 0.2) is 0 Å². The van der Waals surface area contributed by atoms with Crippen LogP contribution in [0.1, 0.15) is 55.6 Å². The molecular weight excluding hydrogens is 261 g/mol. The van der Waals surface area contributed by atoms with Gasteiger partial charge in [-0.25, -0.2) is 8.78 Å². The van der Waals surface area contributed by atoms with Crippen LogP contribution in [0.2, 0.25) is 0 Å². The lowest BCUT2D eigenvalue weighted by Gasteiger charge is -2.28. The highest BCUT2D eigenvalue weighted by Crippen LogP contribution is 2.39. The van der Waals surface area contributed by atoms with E-state index in [4.69, 9.17) is 0 Å². The maximum atomic E-state index is 13.0. The normalized spacial score (nSPS) is 23.6. The van der Waals surface area contributed by atoms with Crippen molar-refractivity contribution in [2.75, 3.05) is 6.67 Å². The van der Waals surface area contributed by atoms with E-state index in [2.05, 4.69) is 6.08 Å². The van der Waals surface area contributed by atoms with Crippen LogP contribution in [-0.4, -0.2) is 6.67 Å². The van der Waals surface area contributed by atoms with Crippen LogP contribution < -0.4 is 0 Å². The smallest absolute Gasteiger partial charge is 0.251 e. The van der Waals surface area contributed by atoms with E-state index in [1.807, 2.05) is 18.2 Å². The third-order valence-electron chi connectivity index (χ3n) is 4.13. The molecule has 0 aliphatic heterocycles. The second-order valence-electron chi connectivity index (χ2n) is 5.45. The second kappa shape index (κ2) is 7.51. The average molecular weight is 282 g/mol. The molecule has 0 heterocycles. The third-order valence-corrected chi connectivity index (χ3v) is 4.13. The van der Waals surface area contributed by atoms with Crippen molar-refractivity contribution >= 4 is 0 Å². The molecule has 1 aromatic rings. The first kappa shape index (κ1) is 15.1. The summed E-state index contributed by atoms with van der Waals surface area (Å²) in [7, 11) is 0. The van der Waals surface area contributed by atoms with Crippen LogP contribution in [0.4, 0.5) is 13.2 Å². The van der Waals surface area contributed by atoms with Crippen molar-refractivity contribution in [2.24, 2.45) is 5.92 Å². The first-order chi connectivity index (χ1) is 9.72. The second-order valence-corrected chi connectivity index (χ2v) is 5.45. The van der Waals surface area contributed by atoms with Crippen molar-refractivity contribution in [1.82, 2.24) is 0 Å². The molecule has 110 valence electrons. The van der Waals surface area contributed by atoms with Gasteiger partial charge in [-0.2, -0.15) is 0 Å². The predicted octanol–water partition coefficient (Wildman–Crippen LogP) is 5.81. The van der Waals surface area contributed by atoms with Crippen LogP contribution in [0.15, 0.2) is 36.4 Å². The predicted molar refractivity (Wildman–Crippen MR) is 75.8 cm³/mol. The molecule has 3 heteroatoms. The van der Waals surface area contributed by atoms with E-state index in [0.29, 0.717) is 12.3 Å². The highest BCUT2D eigenvalue weighted by molar-refractivity contribution is 5.31. The lowest BCUT2D eigenvalue weighted by atomic mass is 9.77. The fourth-order valence-corrected chi connectivity index (χ4v) is 3.06. The summed E-state index contributed by atoms with van der Waals surface area (Å²) in [6, 6.07) is 6.89. The van der Waals surface area contributed by atoms with E-state index in [1.54, 1.807) is 6.07 Å². The molecule has 1 fully saturated rings.